The maximum atomic E-state index is 13.4. The summed E-state index contributed by atoms with van der Waals surface area (Å²) < 4.78 is 6.49. The number of amides is 1. The number of nitrogens with one attached hydrogen (secondary N) is 1. The summed E-state index contributed by atoms with van der Waals surface area (Å²) >= 11 is 0. The lowest BCUT2D eigenvalue weighted by atomic mass is 10.1. The van der Waals surface area contributed by atoms with Gasteiger partial charge in [-0.3, -0.25) is 14.2 Å². The van der Waals surface area contributed by atoms with E-state index in [9.17, 15) is 14.7 Å². The minimum absolute atomic E-state index is 0.248. The largest absolute Gasteiger partial charge is 0.506 e. The molecule has 0 atom stereocenters. The van der Waals surface area contributed by atoms with Gasteiger partial charge in [-0.2, -0.15) is 0 Å². The summed E-state index contributed by atoms with van der Waals surface area (Å²) in [6.45, 7) is 3.90. The first-order chi connectivity index (χ1) is 14.9. The zero-order chi connectivity index (χ0) is 22.1. The van der Waals surface area contributed by atoms with Crippen LogP contribution in [0.1, 0.15) is 21.5 Å². The molecule has 2 aromatic carbocycles. The number of aromatic nitrogens is 2. The summed E-state index contributed by atoms with van der Waals surface area (Å²) in [6, 6.07) is 15.5. The van der Waals surface area contributed by atoms with Crippen molar-refractivity contribution >= 4 is 22.6 Å². The van der Waals surface area contributed by atoms with Gasteiger partial charge in [0.25, 0.3) is 11.5 Å². The lowest BCUT2D eigenvalue weighted by Gasteiger charge is -2.15. The highest BCUT2D eigenvalue weighted by Crippen LogP contribution is 2.28. The predicted octanol–water partition coefficient (Wildman–Crippen LogP) is 3.97. The number of fused-ring (bicyclic) bond motifs is 1. The second kappa shape index (κ2) is 7.95. The van der Waals surface area contributed by atoms with Crippen LogP contribution in [0.4, 0.5) is 5.69 Å². The summed E-state index contributed by atoms with van der Waals surface area (Å²) in [5.41, 5.74) is 2.34. The molecule has 0 aliphatic heterocycles. The van der Waals surface area contributed by atoms with E-state index in [0.717, 1.165) is 11.1 Å². The Morgan fingerprint density at radius 2 is 1.81 bits per heavy atom. The molecule has 4 aromatic rings. The predicted molar refractivity (Wildman–Crippen MR) is 119 cm³/mol. The SMILES string of the molecule is COc1ccc(-n2c(=O)c(C(=O)Nc3ccc(C)c(C)c3)c(O)c3cccnc32)cc1. The van der Waals surface area contributed by atoms with Gasteiger partial charge >= 0.3 is 0 Å². The number of methoxy groups -OCH3 is 1. The number of anilines is 1. The molecular formula is C24H21N3O4. The van der Waals surface area contributed by atoms with Gasteiger partial charge in [-0.1, -0.05) is 6.07 Å². The average Bonchev–Trinajstić information content (AvgIpc) is 2.77. The van der Waals surface area contributed by atoms with Gasteiger partial charge in [-0.05, 0) is 73.5 Å². The van der Waals surface area contributed by atoms with Crippen molar-refractivity contribution < 1.29 is 14.6 Å². The third-order valence-corrected chi connectivity index (χ3v) is 5.23. The van der Waals surface area contributed by atoms with Crippen molar-refractivity contribution in [2.75, 3.05) is 12.4 Å². The lowest BCUT2D eigenvalue weighted by molar-refractivity contribution is 0.102. The van der Waals surface area contributed by atoms with Crippen LogP contribution in [0.5, 0.6) is 11.5 Å². The molecule has 0 saturated heterocycles. The monoisotopic (exact) mass is 415 g/mol. The molecule has 2 heterocycles. The third-order valence-electron chi connectivity index (χ3n) is 5.23. The van der Waals surface area contributed by atoms with E-state index in [1.54, 1.807) is 49.6 Å². The molecule has 7 heteroatoms. The van der Waals surface area contributed by atoms with Gasteiger partial charge in [0.15, 0.2) is 5.65 Å². The van der Waals surface area contributed by atoms with E-state index in [-0.39, 0.29) is 11.2 Å². The number of benzene rings is 2. The molecule has 31 heavy (non-hydrogen) atoms. The Kier molecular flexibility index (Phi) is 5.17. The van der Waals surface area contributed by atoms with E-state index < -0.39 is 17.2 Å². The van der Waals surface area contributed by atoms with E-state index in [0.29, 0.717) is 22.5 Å². The van der Waals surface area contributed by atoms with Crippen LogP contribution < -0.4 is 15.6 Å². The molecule has 0 spiro atoms. The van der Waals surface area contributed by atoms with E-state index in [1.807, 2.05) is 26.0 Å². The summed E-state index contributed by atoms with van der Waals surface area (Å²) in [6.07, 6.45) is 1.52. The van der Waals surface area contributed by atoms with Crippen LogP contribution in [0, 0.1) is 13.8 Å². The molecule has 7 nitrogen and oxygen atoms in total. The lowest BCUT2D eigenvalue weighted by Crippen LogP contribution is -2.29. The number of carbonyl (C=O) groups excluding carboxylic acids is 1. The van der Waals surface area contributed by atoms with E-state index in [1.165, 1.54) is 10.8 Å². The summed E-state index contributed by atoms with van der Waals surface area (Å²) in [5, 5.41) is 13.8. The van der Waals surface area contributed by atoms with Crippen molar-refractivity contribution in [3.05, 3.63) is 87.8 Å². The van der Waals surface area contributed by atoms with Crippen molar-refractivity contribution in [1.29, 1.82) is 0 Å². The van der Waals surface area contributed by atoms with E-state index in [2.05, 4.69) is 10.3 Å². The fourth-order valence-corrected chi connectivity index (χ4v) is 3.39. The van der Waals surface area contributed by atoms with Crippen LogP contribution in [0.15, 0.2) is 65.6 Å². The Balaban J connectivity index is 1.90. The molecule has 4 rings (SSSR count). The minimum Gasteiger partial charge on any atom is -0.506 e. The zero-order valence-electron chi connectivity index (χ0n) is 17.3. The topological polar surface area (TPSA) is 93.5 Å². The van der Waals surface area contributed by atoms with Gasteiger partial charge in [0.2, 0.25) is 0 Å². The molecule has 0 radical (unpaired) electrons. The maximum Gasteiger partial charge on any atom is 0.273 e. The molecule has 0 unspecified atom stereocenters. The van der Waals surface area contributed by atoms with Crippen molar-refractivity contribution in [2.45, 2.75) is 13.8 Å². The quantitative estimate of drug-likeness (QED) is 0.526. The number of hydrogen-bond donors (Lipinski definition) is 2. The fourth-order valence-electron chi connectivity index (χ4n) is 3.39. The van der Waals surface area contributed by atoms with Crippen LogP contribution in [-0.4, -0.2) is 27.7 Å². The van der Waals surface area contributed by atoms with Gasteiger partial charge in [0.05, 0.1) is 18.2 Å². The van der Waals surface area contributed by atoms with Crippen LogP contribution >= 0.6 is 0 Å². The first kappa shape index (κ1) is 20.2. The molecule has 2 aromatic heterocycles. The highest BCUT2D eigenvalue weighted by molar-refractivity contribution is 6.09. The van der Waals surface area contributed by atoms with Gasteiger partial charge in [-0.15, -0.1) is 0 Å². The minimum atomic E-state index is -0.696. The van der Waals surface area contributed by atoms with Crippen molar-refractivity contribution in [3.8, 4) is 17.2 Å². The Labute approximate surface area is 178 Å². The smallest absolute Gasteiger partial charge is 0.273 e. The molecule has 0 aliphatic rings. The highest BCUT2D eigenvalue weighted by atomic mass is 16.5. The summed E-state index contributed by atoms with van der Waals surface area (Å²) in [5.74, 6) is -0.474. The van der Waals surface area contributed by atoms with Crippen LogP contribution in [0.25, 0.3) is 16.7 Å². The van der Waals surface area contributed by atoms with Crippen LogP contribution in [-0.2, 0) is 0 Å². The van der Waals surface area contributed by atoms with Crippen molar-refractivity contribution in [3.63, 3.8) is 0 Å². The Bertz CT molecular complexity index is 1360. The number of hydrogen-bond acceptors (Lipinski definition) is 5. The van der Waals surface area contributed by atoms with E-state index in [4.69, 9.17) is 4.74 Å². The Morgan fingerprint density at radius 1 is 1.06 bits per heavy atom. The first-order valence-corrected chi connectivity index (χ1v) is 9.66. The average molecular weight is 415 g/mol. The molecule has 2 N–H and O–H groups in total. The number of aryl methyl sites for hydroxylation is 2. The second-order valence-electron chi connectivity index (χ2n) is 7.19. The van der Waals surface area contributed by atoms with Crippen LogP contribution in [0.3, 0.4) is 0 Å². The number of aromatic hydroxyl groups is 1. The maximum absolute atomic E-state index is 13.4. The number of rotatable bonds is 4. The van der Waals surface area contributed by atoms with Crippen molar-refractivity contribution in [1.82, 2.24) is 9.55 Å². The van der Waals surface area contributed by atoms with Gasteiger partial charge in [0.1, 0.15) is 17.1 Å². The Hall–Kier alpha value is -4.13. The molecule has 1 amide bonds. The van der Waals surface area contributed by atoms with Gasteiger partial charge < -0.3 is 15.2 Å². The molecule has 0 fully saturated rings. The fraction of sp³-hybridized carbons (Fsp3) is 0.125. The summed E-state index contributed by atoms with van der Waals surface area (Å²) in [7, 11) is 1.55. The molecule has 0 saturated carbocycles. The van der Waals surface area contributed by atoms with E-state index >= 15 is 0 Å². The second-order valence-corrected chi connectivity index (χ2v) is 7.19. The standard InChI is InChI=1S/C24H21N3O4/c1-14-6-7-16(13-15(14)2)26-23(29)20-21(28)19-5-4-12-25-22(19)27(24(20)30)17-8-10-18(31-3)11-9-17/h4-13,28H,1-3H3,(H,26,29). The molecule has 0 aliphatic carbocycles. The van der Waals surface area contributed by atoms with Gasteiger partial charge in [-0.25, -0.2) is 4.98 Å². The zero-order valence-corrected chi connectivity index (χ0v) is 17.3. The first-order valence-electron chi connectivity index (χ1n) is 9.66. The number of carbonyl (C=O) groups is 1. The third kappa shape index (κ3) is 3.61. The number of ether oxygens (including phenoxy) is 1. The number of pyridine rings is 2. The van der Waals surface area contributed by atoms with Crippen LogP contribution in [0.2, 0.25) is 0 Å². The van der Waals surface area contributed by atoms with Gasteiger partial charge in [0, 0.05) is 11.9 Å². The molecular weight excluding hydrogens is 394 g/mol. The number of nitrogens with zero attached hydrogens (tertiary/aromatic N) is 2. The molecule has 156 valence electrons. The normalized spacial score (nSPS) is 10.8. The Morgan fingerprint density at radius 3 is 2.48 bits per heavy atom. The molecule has 0 bridgehead atoms. The summed E-state index contributed by atoms with van der Waals surface area (Å²) in [4.78, 5) is 30.7. The van der Waals surface area contributed by atoms with Crippen molar-refractivity contribution in [2.24, 2.45) is 0 Å². The highest BCUT2D eigenvalue weighted by Gasteiger charge is 2.23.